The number of benzene rings is 1. The Morgan fingerprint density at radius 2 is 1.94 bits per heavy atom. The number of aryl methyl sites for hydroxylation is 1. The van der Waals surface area contributed by atoms with E-state index in [0.717, 1.165) is 5.56 Å². The van der Waals surface area contributed by atoms with Crippen LogP contribution in [0.5, 0.6) is 0 Å². The highest BCUT2D eigenvalue weighted by Crippen LogP contribution is 2.09. The van der Waals surface area contributed by atoms with E-state index in [1.807, 2.05) is 19.1 Å². The number of hydrogen-bond acceptors (Lipinski definition) is 4. The molecule has 0 spiro atoms. The number of hydrogen-bond donors (Lipinski definition) is 1. The maximum Gasteiger partial charge on any atom is 0.254 e. The van der Waals surface area contributed by atoms with Gasteiger partial charge in [-0.3, -0.25) is 4.79 Å². The Hall–Kier alpha value is -1.75. The van der Waals surface area contributed by atoms with Crippen molar-refractivity contribution in [2.45, 2.75) is 13.0 Å². The molecule has 0 fully saturated rings. The fourth-order valence-corrected chi connectivity index (χ4v) is 1.37. The van der Waals surface area contributed by atoms with E-state index in [2.05, 4.69) is 10.5 Å². The molecule has 0 aliphatic rings. The number of carbonyl (C=O) groups is 1. The summed E-state index contributed by atoms with van der Waals surface area (Å²) in [6.07, 6.45) is 0. The van der Waals surface area contributed by atoms with E-state index < -0.39 is 6.04 Å². The summed E-state index contributed by atoms with van der Waals surface area (Å²) in [5.41, 5.74) is 1.79. The van der Waals surface area contributed by atoms with Crippen molar-refractivity contribution in [1.29, 1.82) is 0 Å². The number of amides is 1. The van der Waals surface area contributed by atoms with Gasteiger partial charge < -0.3 is 10.2 Å². The maximum atomic E-state index is 11.7. The van der Waals surface area contributed by atoms with Gasteiger partial charge in [0.15, 0.2) is 6.04 Å². The van der Waals surface area contributed by atoms with Crippen LogP contribution in [0.4, 0.5) is 5.69 Å². The third-order valence-electron chi connectivity index (χ3n) is 2.29. The van der Waals surface area contributed by atoms with E-state index in [9.17, 15) is 9.70 Å². The zero-order valence-corrected chi connectivity index (χ0v) is 10.3. The second-order valence-corrected chi connectivity index (χ2v) is 4.24. The molecule has 5 heteroatoms. The van der Waals surface area contributed by atoms with Crippen molar-refractivity contribution in [3.8, 4) is 0 Å². The normalized spacial score (nSPS) is 12.2. The van der Waals surface area contributed by atoms with E-state index in [1.54, 1.807) is 31.1 Å². The fraction of sp³-hybridized carbons (Fsp3) is 0.417. The molecule has 0 bridgehead atoms. The van der Waals surface area contributed by atoms with Crippen molar-refractivity contribution in [3.05, 3.63) is 34.7 Å². The van der Waals surface area contributed by atoms with Crippen LogP contribution in [0.25, 0.3) is 0 Å². The standard InChI is InChI=1S/C12H17N3O2/c1-9-4-6-10(7-5-9)13-12(16)11(14-17)8-15(2)3/h4-7,11H,8H2,1-3H3,(H,13,16). The van der Waals surface area contributed by atoms with Crippen LogP contribution in [-0.2, 0) is 4.79 Å². The lowest BCUT2D eigenvalue weighted by Crippen LogP contribution is -2.35. The van der Waals surface area contributed by atoms with Crippen LogP contribution >= 0.6 is 0 Å². The maximum absolute atomic E-state index is 11.7. The first-order valence-electron chi connectivity index (χ1n) is 5.37. The Bertz CT molecular complexity index is 387. The fourth-order valence-electron chi connectivity index (χ4n) is 1.37. The summed E-state index contributed by atoms with van der Waals surface area (Å²) in [4.78, 5) is 24.1. The van der Waals surface area contributed by atoms with Crippen LogP contribution < -0.4 is 5.32 Å². The molecule has 0 radical (unpaired) electrons. The minimum Gasteiger partial charge on any atom is -0.324 e. The summed E-state index contributed by atoms with van der Waals surface area (Å²) >= 11 is 0. The molecule has 1 rings (SSSR count). The van der Waals surface area contributed by atoms with Gasteiger partial charge in [0.05, 0.1) is 0 Å². The Kier molecular flexibility index (Phi) is 4.78. The van der Waals surface area contributed by atoms with E-state index in [1.165, 1.54) is 0 Å². The van der Waals surface area contributed by atoms with Gasteiger partial charge in [-0.1, -0.05) is 22.9 Å². The zero-order valence-electron chi connectivity index (χ0n) is 10.3. The molecule has 0 aliphatic heterocycles. The SMILES string of the molecule is Cc1ccc(NC(=O)C(CN(C)C)N=O)cc1. The molecule has 0 aromatic heterocycles. The quantitative estimate of drug-likeness (QED) is 0.789. The molecule has 1 unspecified atom stereocenters. The average molecular weight is 235 g/mol. The van der Waals surface area contributed by atoms with Gasteiger partial charge in [-0.25, -0.2) is 0 Å². The molecular weight excluding hydrogens is 218 g/mol. The molecule has 92 valence electrons. The number of carbonyl (C=O) groups excluding carboxylic acids is 1. The number of nitrogens with one attached hydrogen (secondary N) is 1. The van der Waals surface area contributed by atoms with E-state index in [4.69, 9.17) is 0 Å². The van der Waals surface area contributed by atoms with Gasteiger partial charge in [-0.15, -0.1) is 4.91 Å². The van der Waals surface area contributed by atoms with Crippen molar-refractivity contribution in [3.63, 3.8) is 0 Å². The van der Waals surface area contributed by atoms with Gasteiger partial charge in [0.25, 0.3) is 5.91 Å². The molecule has 0 saturated heterocycles. The van der Waals surface area contributed by atoms with E-state index in [-0.39, 0.29) is 5.91 Å². The monoisotopic (exact) mass is 235 g/mol. The Labute approximate surface area is 101 Å². The van der Waals surface area contributed by atoms with Crippen molar-refractivity contribution in [2.24, 2.45) is 5.18 Å². The summed E-state index contributed by atoms with van der Waals surface area (Å²) in [7, 11) is 3.58. The first kappa shape index (κ1) is 13.3. The summed E-state index contributed by atoms with van der Waals surface area (Å²) in [6.45, 7) is 2.27. The van der Waals surface area contributed by atoms with Crippen LogP contribution in [-0.4, -0.2) is 37.5 Å². The number of likely N-dealkylation sites (N-methyl/N-ethyl adjacent to an activating group) is 1. The third kappa shape index (κ3) is 4.32. The molecule has 5 nitrogen and oxygen atoms in total. The van der Waals surface area contributed by atoms with Crippen molar-refractivity contribution >= 4 is 11.6 Å². The predicted octanol–water partition coefficient (Wildman–Crippen LogP) is 1.63. The average Bonchev–Trinajstić information content (AvgIpc) is 2.28. The molecule has 0 aliphatic carbocycles. The number of nitrogens with zero attached hydrogens (tertiary/aromatic N) is 2. The van der Waals surface area contributed by atoms with Crippen molar-refractivity contribution < 1.29 is 4.79 Å². The highest BCUT2D eigenvalue weighted by molar-refractivity contribution is 5.95. The Morgan fingerprint density at radius 3 is 2.41 bits per heavy atom. The first-order chi connectivity index (χ1) is 8.02. The topological polar surface area (TPSA) is 61.8 Å². The summed E-state index contributed by atoms with van der Waals surface area (Å²) in [5, 5.41) is 5.50. The first-order valence-corrected chi connectivity index (χ1v) is 5.37. The molecule has 1 aromatic carbocycles. The Morgan fingerprint density at radius 1 is 1.35 bits per heavy atom. The number of anilines is 1. The Balaban J connectivity index is 2.63. The van der Waals surface area contributed by atoms with Crippen LogP contribution in [0.3, 0.4) is 0 Å². The largest absolute Gasteiger partial charge is 0.324 e. The zero-order chi connectivity index (χ0) is 12.8. The van der Waals surface area contributed by atoms with Crippen LogP contribution in [0.15, 0.2) is 29.4 Å². The minimum absolute atomic E-state index is 0.307. The molecule has 1 aromatic rings. The predicted molar refractivity (Wildman–Crippen MR) is 67.9 cm³/mol. The van der Waals surface area contributed by atoms with E-state index >= 15 is 0 Å². The van der Waals surface area contributed by atoms with Crippen molar-refractivity contribution in [2.75, 3.05) is 26.0 Å². The summed E-state index contributed by atoms with van der Waals surface area (Å²) in [6, 6.07) is 6.50. The molecule has 0 heterocycles. The smallest absolute Gasteiger partial charge is 0.254 e. The van der Waals surface area contributed by atoms with E-state index in [0.29, 0.717) is 12.2 Å². The summed E-state index contributed by atoms with van der Waals surface area (Å²) in [5.74, 6) is -0.377. The van der Waals surface area contributed by atoms with Gasteiger partial charge in [0.1, 0.15) is 0 Å². The van der Waals surface area contributed by atoms with Crippen molar-refractivity contribution in [1.82, 2.24) is 4.90 Å². The van der Waals surface area contributed by atoms with Crippen LogP contribution in [0.1, 0.15) is 5.56 Å². The number of rotatable bonds is 5. The van der Waals surface area contributed by atoms with Gasteiger partial charge in [0, 0.05) is 12.2 Å². The lowest BCUT2D eigenvalue weighted by Gasteiger charge is -2.14. The highest BCUT2D eigenvalue weighted by Gasteiger charge is 2.19. The molecule has 1 atom stereocenters. The molecule has 1 N–H and O–H groups in total. The minimum atomic E-state index is -0.883. The number of nitroso groups, excluding NO2 is 1. The van der Waals surface area contributed by atoms with Gasteiger partial charge >= 0.3 is 0 Å². The highest BCUT2D eigenvalue weighted by atomic mass is 16.3. The summed E-state index contributed by atoms with van der Waals surface area (Å²) < 4.78 is 0. The lowest BCUT2D eigenvalue weighted by molar-refractivity contribution is -0.117. The second kappa shape index (κ2) is 6.10. The van der Waals surface area contributed by atoms with Gasteiger partial charge in [-0.2, -0.15) is 0 Å². The van der Waals surface area contributed by atoms with Crippen LogP contribution in [0.2, 0.25) is 0 Å². The van der Waals surface area contributed by atoms with Crippen LogP contribution in [0, 0.1) is 11.8 Å². The molecule has 1 amide bonds. The van der Waals surface area contributed by atoms with Gasteiger partial charge in [-0.05, 0) is 33.2 Å². The molecule has 17 heavy (non-hydrogen) atoms. The lowest BCUT2D eigenvalue weighted by atomic mass is 10.2. The second-order valence-electron chi connectivity index (χ2n) is 4.24. The molecular formula is C12H17N3O2. The molecule has 0 saturated carbocycles. The third-order valence-corrected chi connectivity index (χ3v) is 2.29. The van der Waals surface area contributed by atoms with Gasteiger partial charge in [0.2, 0.25) is 0 Å².